The third-order valence-corrected chi connectivity index (χ3v) is 6.47. The molecule has 1 N–H and O–H groups in total. The molecule has 0 amide bonds. The van der Waals surface area contributed by atoms with Crippen molar-refractivity contribution in [1.82, 2.24) is 0 Å². The van der Waals surface area contributed by atoms with Crippen molar-refractivity contribution in [2.45, 2.75) is 14.7 Å². The van der Waals surface area contributed by atoms with E-state index in [1.165, 1.54) is 36.0 Å². The topological polar surface area (TPSA) is 72.8 Å². The van der Waals surface area contributed by atoms with Crippen LogP contribution in [0.2, 0.25) is 0 Å². The van der Waals surface area contributed by atoms with E-state index in [1.54, 1.807) is 12.1 Å². The van der Waals surface area contributed by atoms with Gasteiger partial charge in [-0.2, -0.15) is 17.2 Å². The van der Waals surface area contributed by atoms with E-state index in [9.17, 15) is 26.0 Å². The van der Waals surface area contributed by atoms with Gasteiger partial charge in [0.1, 0.15) is 17.2 Å². The fourth-order valence-electron chi connectivity index (χ4n) is 2.96. The number of benzene rings is 4. The van der Waals surface area contributed by atoms with Crippen LogP contribution in [0.3, 0.4) is 0 Å². The van der Waals surface area contributed by atoms with Crippen molar-refractivity contribution in [3.8, 4) is 23.0 Å². The standard InChI is InChI=1S/C24H14F4O5S2/c25-19-21(27)24(35(29,30)31)22(28)20(26)23(19)33-15-12-10-14(11-13-15)32-17-8-4-5-9-18(17)34-16-6-2-1-3-7-16/h1-13H,(H,29,30,31). The van der Waals surface area contributed by atoms with Crippen LogP contribution in [0.4, 0.5) is 17.6 Å². The highest BCUT2D eigenvalue weighted by molar-refractivity contribution is 7.99. The summed E-state index contributed by atoms with van der Waals surface area (Å²) >= 11 is 1.48. The third kappa shape index (κ3) is 5.42. The van der Waals surface area contributed by atoms with Crippen LogP contribution in [-0.2, 0) is 10.1 Å². The Balaban J connectivity index is 1.56. The lowest BCUT2D eigenvalue weighted by Gasteiger charge is -2.13. The Kier molecular flexibility index (Phi) is 7.01. The van der Waals surface area contributed by atoms with E-state index in [-0.39, 0.29) is 5.75 Å². The lowest BCUT2D eigenvalue weighted by Crippen LogP contribution is -2.11. The van der Waals surface area contributed by atoms with E-state index in [4.69, 9.17) is 14.0 Å². The lowest BCUT2D eigenvalue weighted by atomic mass is 10.2. The van der Waals surface area contributed by atoms with Crippen LogP contribution in [0.25, 0.3) is 0 Å². The molecule has 0 heterocycles. The van der Waals surface area contributed by atoms with Crippen molar-refractivity contribution in [1.29, 1.82) is 0 Å². The third-order valence-electron chi connectivity index (χ3n) is 4.53. The second-order valence-electron chi connectivity index (χ2n) is 6.93. The average molecular weight is 522 g/mol. The molecule has 0 saturated heterocycles. The quantitative estimate of drug-likeness (QED) is 0.157. The van der Waals surface area contributed by atoms with Gasteiger partial charge in [0.2, 0.25) is 17.4 Å². The molecule has 4 aromatic carbocycles. The normalized spacial score (nSPS) is 11.3. The summed E-state index contributed by atoms with van der Waals surface area (Å²) < 4.78 is 98.1. The van der Waals surface area contributed by atoms with Crippen LogP contribution >= 0.6 is 11.8 Å². The number of hydrogen-bond acceptors (Lipinski definition) is 5. The Labute approximate surface area is 201 Å². The van der Waals surface area contributed by atoms with Gasteiger partial charge in [-0.25, -0.2) is 8.78 Å². The molecule has 0 radical (unpaired) electrons. The first-order chi connectivity index (χ1) is 16.6. The van der Waals surface area contributed by atoms with Crippen molar-refractivity contribution in [2.75, 3.05) is 0 Å². The molecular weight excluding hydrogens is 508 g/mol. The Bertz CT molecular complexity index is 1450. The van der Waals surface area contributed by atoms with E-state index in [2.05, 4.69) is 0 Å². The molecule has 0 fully saturated rings. The SMILES string of the molecule is O=S(=O)(O)c1c(F)c(F)c(Oc2ccc(Oc3ccccc3Sc3ccccc3)cc2)c(F)c1F. The summed E-state index contributed by atoms with van der Waals surface area (Å²) in [5.74, 6) is -9.73. The molecular formula is C24H14F4O5S2. The van der Waals surface area contributed by atoms with Gasteiger partial charge in [0.15, 0.2) is 16.5 Å². The summed E-state index contributed by atoms with van der Waals surface area (Å²) in [5.41, 5.74) is 0. The molecule has 4 aromatic rings. The molecule has 0 atom stereocenters. The van der Waals surface area contributed by atoms with Crippen LogP contribution in [0.15, 0.2) is 93.5 Å². The van der Waals surface area contributed by atoms with Gasteiger partial charge >= 0.3 is 10.1 Å². The van der Waals surface area contributed by atoms with Crippen LogP contribution in [0, 0.1) is 23.3 Å². The van der Waals surface area contributed by atoms with Gasteiger partial charge in [-0.1, -0.05) is 42.1 Å². The largest absolute Gasteiger partial charge is 0.456 e. The smallest absolute Gasteiger partial charge is 0.300 e. The Morgan fingerprint density at radius 3 is 1.74 bits per heavy atom. The number of para-hydroxylation sites is 1. The van der Waals surface area contributed by atoms with Crippen LogP contribution in [-0.4, -0.2) is 13.0 Å². The van der Waals surface area contributed by atoms with Gasteiger partial charge in [0.05, 0.1) is 4.90 Å². The van der Waals surface area contributed by atoms with E-state index in [0.29, 0.717) is 11.5 Å². The highest BCUT2D eigenvalue weighted by atomic mass is 32.2. The maximum atomic E-state index is 14.2. The number of halogens is 4. The highest BCUT2D eigenvalue weighted by Crippen LogP contribution is 2.38. The first-order valence-electron chi connectivity index (χ1n) is 9.76. The van der Waals surface area contributed by atoms with Crippen molar-refractivity contribution in [3.63, 3.8) is 0 Å². The average Bonchev–Trinajstić information content (AvgIpc) is 2.83. The Morgan fingerprint density at radius 2 is 1.17 bits per heavy atom. The number of ether oxygens (including phenoxy) is 2. The summed E-state index contributed by atoms with van der Waals surface area (Å²) in [4.78, 5) is -0.320. The maximum absolute atomic E-state index is 14.2. The first-order valence-corrected chi connectivity index (χ1v) is 12.0. The van der Waals surface area contributed by atoms with Gasteiger partial charge in [-0.05, 0) is 48.5 Å². The zero-order valence-corrected chi connectivity index (χ0v) is 19.0. The molecule has 0 saturated carbocycles. The van der Waals surface area contributed by atoms with Gasteiger partial charge in [-0.3, -0.25) is 4.55 Å². The molecule has 11 heteroatoms. The van der Waals surface area contributed by atoms with Crippen LogP contribution in [0.1, 0.15) is 0 Å². The number of hydrogen-bond donors (Lipinski definition) is 1. The predicted octanol–water partition coefficient (Wildman–Crippen LogP) is 7.23. The van der Waals surface area contributed by atoms with Crippen LogP contribution in [0.5, 0.6) is 23.0 Å². The summed E-state index contributed by atoms with van der Waals surface area (Å²) in [6, 6.07) is 22.1. The highest BCUT2D eigenvalue weighted by Gasteiger charge is 2.33. The van der Waals surface area contributed by atoms with E-state index >= 15 is 0 Å². The minimum Gasteiger partial charge on any atom is -0.456 e. The van der Waals surface area contributed by atoms with E-state index in [0.717, 1.165) is 9.79 Å². The molecule has 0 spiro atoms. The van der Waals surface area contributed by atoms with Gasteiger partial charge in [-0.15, -0.1) is 0 Å². The molecule has 4 rings (SSSR count). The summed E-state index contributed by atoms with van der Waals surface area (Å²) in [6.07, 6.45) is 0. The molecule has 0 aromatic heterocycles. The van der Waals surface area contributed by atoms with Crippen molar-refractivity contribution in [2.24, 2.45) is 0 Å². The molecule has 0 aliphatic heterocycles. The molecule has 5 nitrogen and oxygen atoms in total. The van der Waals surface area contributed by atoms with Gasteiger partial charge in [0.25, 0.3) is 0 Å². The first kappa shape index (κ1) is 24.6. The zero-order valence-electron chi connectivity index (χ0n) is 17.4. The minimum atomic E-state index is -5.56. The summed E-state index contributed by atoms with van der Waals surface area (Å²) in [5, 5.41) is 0. The second kappa shape index (κ2) is 9.98. The lowest BCUT2D eigenvalue weighted by molar-refractivity contribution is 0.346. The molecule has 0 bridgehead atoms. The summed E-state index contributed by atoms with van der Waals surface area (Å²) in [7, 11) is -5.56. The van der Waals surface area contributed by atoms with Crippen molar-refractivity contribution >= 4 is 21.9 Å². The second-order valence-corrected chi connectivity index (χ2v) is 9.40. The van der Waals surface area contributed by atoms with Crippen LogP contribution < -0.4 is 9.47 Å². The zero-order chi connectivity index (χ0) is 25.2. The molecule has 0 aliphatic rings. The predicted molar refractivity (Wildman–Crippen MR) is 120 cm³/mol. The van der Waals surface area contributed by atoms with E-state index in [1.807, 2.05) is 42.5 Å². The van der Waals surface area contributed by atoms with Gasteiger partial charge in [0, 0.05) is 4.90 Å². The summed E-state index contributed by atoms with van der Waals surface area (Å²) in [6.45, 7) is 0. The minimum absolute atomic E-state index is 0.222. The molecule has 35 heavy (non-hydrogen) atoms. The number of rotatable bonds is 7. The Hall–Kier alpha value is -3.54. The van der Waals surface area contributed by atoms with Crippen molar-refractivity contribution in [3.05, 3.63) is 102 Å². The van der Waals surface area contributed by atoms with Crippen molar-refractivity contribution < 1.29 is 40.0 Å². The molecule has 180 valence electrons. The molecule has 0 aliphatic carbocycles. The molecule has 0 unspecified atom stereocenters. The fraction of sp³-hybridized carbons (Fsp3) is 0. The fourth-order valence-corrected chi connectivity index (χ4v) is 4.50. The van der Waals surface area contributed by atoms with Gasteiger partial charge < -0.3 is 9.47 Å². The monoisotopic (exact) mass is 522 g/mol. The maximum Gasteiger partial charge on any atom is 0.300 e. The Morgan fingerprint density at radius 1 is 0.657 bits per heavy atom. The van der Waals surface area contributed by atoms with E-state index < -0.39 is 44.0 Å².